The van der Waals surface area contributed by atoms with Crippen molar-refractivity contribution in [3.05, 3.63) is 59.2 Å². The van der Waals surface area contributed by atoms with Crippen LogP contribution in [0.3, 0.4) is 0 Å². The standard InChI is InChI=1S/C31H47N3O3S/c1-6-8-17-31(7-2)22-38-28-19-24(21-32-26(30(35)36)16-12-13-18-34(3)4)27(37-5)20-25(28)29(33-31)23-14-10-9-11-15-23/h9-11,14-15,19-20,26,29,32-33H,6-8,12-13,16-18,21-22H2,1-5H3,(H,35,36)/t26?,29-,31-/m1/s1. The molecule has 2 aromatic rings. The van der Waals surface area contributed by atoms with Crippen molar-refractivity contribution < 1.29 is 14.6 Å². The summed E-state index contributed by atoms with van der Waals surface area (Å²) in [7, 11) is 5.79. The van der Waals surface area contributed by atoms with E-state index in [0.717, 1.165) is 49.3 Å². The van der Waals surface area contributed by atoms with Crippen molar-refractivity contribution in [2.75, 3.05) is 33.5 Å². The number of nitrogens with zero attached hydrogens (tertiary/aromatic N) is 1. The van der Waals surface area contributed by atoms with Crippen LogP contribution in [0, 0.1) is 0 Å². The largest absolute Gasteiger partial charge is 0.496 e. The fourth-order valence-corrected chi connectivity index (χ4v) is 6.64. The van der Waals surface area contributed by atoms with Gasteiger partial charge in [-0.2, -0.15) is 0 Å². The molecule has 2 aromatic carbocycles. The average molecular weight is 542 g/mol. The van der Waals surface area contributed by atoms with Gasteiger partial charge in [-0.3, -0.25) is 10.1 Å². The minimum Gasteiger partial charge on any atom is -0.496 e. The monoisotopic (exact) mass is 541 g/mol. The fourth-order valence-electron chi connectivity index (χ4n) is 5.21. The van der Waals surface area contributed by atoms with E-state index in [0.29, 0.717) is 13.0 Å². The Morgan fingerprint density at radius 2 is 1.97 bits per heavy atom. The lowest BCUT2D eigenvalue weighted by molar-refractivity contribution is -0.139. The van der Waals surface area contributed by atoms with Crippen LogP contribution in [0.1, 0.15) is 81.5 Å². The first kappa shape index (κ1) is 30.5. The molecule has 0 aromatic heterocycles. The Morgan fingerprint density at radius 3 is 2.61 bits per heavy atom. The van der Waals surface area contributed by atoms with Gasteiger partial charge in [0.2, 0.25) is 0 Å². The minimum absolute atomic E-state index is 0.0484. The van der Waals surface area contributed by atoms with Crippen LogP contribution in [0.15, 0.2) is 47.4 Å². The van der Waals surface area contributed by atoms with Gasteiger partial charge in [-0.15, -0.1) is 11.8 Å². The molecular weight excluding hydrogens is 494 g/mol. The zero-order valence-electron chi connectivity index (χ0n) is 23.9. The first-order valence-electron chi connectivity index (χ1n) is 14.1. The molecule has 1 heterocycles. The van der Waals surface area contributed by atoms with Gasteiger partial charge in [-0.1, -0.05) is 63.4 Å². The number of carboxylic acids is 1. The highest BCUT2D eigenvalue weighted by atomic mass is 32.2. The van der Waals surface area contributed by atoms with Crippen LogP contribution < -0.4 is 15.4 Å². The second-order valence-electron chi connectivity index (χ2n) is 10.8. The molecule has 1 aliphatic rings. The normalized spacial score (nSPS) is 20.1. The van der Waals surface area contributed by atoms with Crippen molar-refractivity contribution in [3.63, 3.8) is 0 Å². The second-order valence-corrected chi connectivity index (χ2v) is 11.8. The minimum atomic E-state index is -0.796. The molecule has 0 bridgehead atoms. The van der Waals surface area contributed by atoms with Gasteiger partial charge in [0.15, 0.2) is 0 Å². The number of aliphatic carboxylic acids is 1. The Balaban J connectivity index is 1.88. The third-order valence-corrected chi connectivity index (χ3v) is 9.04. The highest BCUT2D eigenvalue weighted by molar-refractivity contribution is 7.99. The Bertz CT molecular complexity index is 1020. The summed E-state index contributed by atoms with van der Waals surface area (Å²) in [6, 6.07) is 14.6. The van der Waals surface area contributed by atoms with E-state index in [4.69, 9.17) is 4.74 Å². The van der Waals surface area contributed by atoms with Gasteiger partial charge in [0.25, 0.3) is 0 Å². The summed E-state index contributed by atoms with van der Waals surface area (Å²) in [6.45, 7) is 5.98. The molecule has 0 saturated carbocycles. The van der Waals surface area contributed by atoms with Gasteiger partial charge in [-0.25, -0.2) is 0 Å². The molecule has 0 fully saturated rings. The molecule has 0 amide bonds. The molecule has 3 N–H and O–H groups in total. The quantitative estimate of drug-likeness (QED) is 0.236. The molecule has 0 radical (unpaired) electrons. The maximum absolute atomic E-state index is 12.0. The van der Waals surface area contributed by atoms with Crippen molar-refractivity contribution in [1.82, 2.24) is 15.5 Å². The van der Waals surface area contributed by atoms with Gasteiger partial charge in [0.05, 0.1) is 13.2 Å². The van der Waals surface area contributed by atoms with Crippen molar-refractivity contribution in [1.29, 1.82) is 0 Å². The predicted molar refractivity (Wildman–Crippen MR) is 158 cm³/mol. The summed E-state index contributed by atoms with van der Waals surface area (Å²) in [4.78, 5) is 15.3. The van der Waals surface area contributed by atoms with E-state index in [1.165, 1.54) is 28.9 Å². The fraction of sp³-hybridized carbons (Fsp3) is 0.581. The zero-order valence-corrected chi connectivity index (χ0v) is 24.7. The van der Waals surface area contributed by atoms with Crippen LogP contribution in [0.25, 0.3) is 0 Å². The van der Waals surface area contributed by atoms with Crippen LogP contribution in [0.2, 0.25) is 0 Å². The molecule has 0 spiro atoms. The number of carbonyl (C=O) groups is 1. The summed E-state index contributed by atoms with van der Waals surface area (Å²) in [5, 5.41) is 17.2. The average Bonchev–Trinajstić information content (AvgIpc) is 3.08. The lowest BCUT2D eigenvalue weighted by atomic mass is 9.88. The summed E-state index contributed by atoms with van der Waals surface area (Å²) < 4.78 is 5.87. The Kier molecular flexibility index (Phi) is 12.0. The molecule has 6 nitrogen and oxygen atoms in total. The lowest BCUT2D eigenvalue weighted by Gasteiger charge is -2.36. The van der Waals surface area contributed by atoms with Crippen LogP contribution in [0.5, 0.6) is 5.75 Å². The molecule has 3 atom stereocenters. The van der Waals surface area contributed by atoms with Crippen molar-refractivity contribution in [3.8, 4) is 5.75 Å². The van der Waals surface area contributed by atoms with Gasteiger partial charge in [-0.05, 0) is 69.6 Å². The predicted octanol–water partition coefficient (Wildman–Crippen LogP) is 6.09. The summed E-state index contributed by atoms with van der Waals surface area (Å²) in [5.74, 6) is 1.01. The molecule has 1 unspecified atom stereocenters. The zero-order chi connectivity index (χ0) is 27.5. The van der Waals surface area contributed by atoms with Crippen LogP contribution in [-0.4, -0.2) is 61.1 Å². The number of rotatable bonds is 15. The van der Waals surface area contributed by atoms with E-state index < -0.39 is 12.0 Å². The van der Waals surface area contributed by atoms with Crippen molar-refractivity contribution >= 4 is 17.7 Å². The van der Waals surface area contributed by atoms with Crippen molar-refractivity contribution in [2.45, 2.75) is 87.9 Å². The maximum Gasteiger partial charge on any atom is 0.320 e. The topological polar surface area (TPSA) is 73.8 Å². The molecule has 3 rings (SSSR count). The lowest BCUT2D eigenvalue weighted by Crippen LogP contribution is -2.48. The highest BCUT2D eigenvalue weighted by Crippen LogP contribution is 2.43. The summed E-state index contributed by atoms with van der Waals surface area (Å²) in [5.41, 5.74) is 3.53. The maximum atomic E-state index is 12.0. The number of fused-ring (bicyclic) bond motifs is 1. The SMILES string of the molecule is CCCC[C@]1(CC)CSc2cc(CNC(CCCCN(C)C)C(=O)O)c(OC)cc2[C@@H](c2ccccc2)N1. The van der Waals surface area contributed by atoms with E-state index in [1.807, 2.05) is 25.9 Å². The number of benzene rings is 2. The smallest absolute Gasteiger partial charge is 0.320 e. The molecule has 7 heteroatoms. The molecule has 0 aliphatic carbocycles. The summed E-state index contributed by atoms with van der Waals surface area (Å²) >= 11 is 1.92. The van der Waals surface area contributed by atoms with E-state index >= 15 is 0 Å². The number of hydrogen-bond acceptors (Lipinski definition) is 6. The van der Waals surface area contributed by atoms with Gasteiger partial charge in [0.1, 0.15) is 11.8 Å². The number of thioether (sulfide) groups is 1. The van der Waals surface area contributed by atoms with E-state index in [-0.39, 0.29) is 11.6 Å². The molecule has 0 saturated heterocycles. The molecule has 38 heavy (non-hydrogen) atoms. The number of hydrogen-bond donors (Lipinski definition) is 3. The Labute approximate surface area is 233 Å². The van der Waals surface area contributed by atoms with Gasteiger partial charge >= 0.3 is 5.97 Å². The molecule has 1 aliphatic heterocycles. The molecule has 210 valence electrons. The number of ether oxygens (including phenoxy) is 1. The number of nitrogens with one attached hydrogen (secondary N) is 2. The third-order valence-electron chi connectivity index (χ3n) is 7.68. The number of carboxylic acid groups (broad SMARTS) is 1. The van der Waals surface area contributed by atoms with Crippen LogP contribution in [0.4, 0.5) is 0 Å². The van der Waals surface area contributed by atoms with Crippen molar-refractivity contribution in [2.24, 2.45) is 0 Å². The number of unbranched alkanes of at least 4 members (excludes halogenated alkanes) is 2. The molecular formula is C31H47N3O3S. The first-order chi connectivity index (χ1) is 18.3. The summed E-state index contributed by atoms with van der Waals surface area (Å²) in [6.07, 6.45) is 7.06. The van der Waals surface area contributed by atoms with E-state index in [1.54, 1.807) is 7.11 Å². The highest BCUT2D eigenvalue weighted by Gasteiger charge is 2.36. The van der Waals surface area contributed by atoms with Crippen LogP contribution in [-0.2, 0) is 11.3 Å². The van der Waals surface area contributed by atoms with Gasteiger partial charge in [0, 0.05) is 28.3 Å². The Hall–Kier alpha value is -2.06. The third kappa shape index (κ3) is 8.22. The first-order valence-corrected chi connectivity index (χ1v) is 15.1. The van der Waals surface area contributed by atoms with Gasteiger partial charge < -0.3 is 20.1 Å². The number of methoxy groups -OCH3 is 1. The van der Waals surface area contributed by atoms with Crippen LogP contribution >= 0.6 is 11.8 Å². The Morgan fingerprint density at radius 1 is 1.21 bits per heavy atom. The van der Waals surface area contributed by atoms with E-state index in [9.17, 15) is 9.90 Å². The second kappa shape index (κ2) is 14.9. The van der Waals surface area contributed by atoms with E-state index in [2.05, 4.69) is 71.8 Å².